The molecule has 0 radical (unpaired) electrons. The summed E-state index contributed by atoms with van der Waals surface area (Å²) in [6.45, 7) is 4.13. The van der Waals surface area contributed by atoms with E-state index in [1.54, 1.807) is 19.1 Å². The molecular weight excluding hydrogens is 417 g/mol. The Labute approximate surface area is 178 Å². The first-order valence-electron chi connectivity index (χ1n) is 9.18. The van der Waals surface area contributed by atoms with Crippen molar-refractivity contribution in [2.45, 2.75) is 32.7 Å². The number of ether oxygens (including phenoxy) is 1. The Kier molecular flexibility index (Phi) is 6.24. The van der Waals surface area contributed by atoms with E-state index in [2.05, 4.69) is 0 Å². The first-order valence-corrected chi connectivity index (χ1v) is 9.93. The van der Waals surface area contributed by atoms with Crippen molar-refractivity contribution in [2.24, 2.45) is 0 Å². The van der Waals surface area contributed by atoms with Crippen LogP contribution in [0, 0.1) is 6.92 Å². The molecule has 0 saturated carbocycles. The minimum atomic E-state index is -0.824. The Balaban J connectivity index is 2.18. The van der Waals surface area contributed by atoms with Crippen molar-refractivity contribution < 1.29 is 23.8 Å². The number of aliphatic hydroxyl groups excluding tert-OH is 1. The maximum absolute atomic E-state index is 12.8. The lowest BCUT2D eigenvalue weighted by molar-refractivity contribution is -0.140. The highest BCUT2D eigenvalue weighted by atomic mass is 35.5. The van der Waals surface area contributed by atoms with Gasteiger partial charge in [0.2, 0.25) is 0 Å². The molecule has 6 nitrogen and oxygen atoms in total. The number of furan rings is 1. The monoisotopic (exact) mass is 437 g/mol. The summed E-state index contributed by atoms with van der Waals surface area (Å²) in [6, 6.07) is 5.49. The molecule has 0 spiro atoms. The predicted octanol–water partition coefficient (Wildman–Crippen LogP) is 5.13. The Bertz CT molecular complexity index is 972. The number of aryl methyl sites for hydroxylation is 1. The molecule has 0 aliphatic carbocycles. The number of amides is 1. The number of rotatable bonds is 6. The van der Waals surface area contributed by atoms with Crippen LogP contribution in [0.5, 0.6) is 5.75 Å². The molecular formula is C21H21Cl2NO5. The van der Waals surface area contributed by atoms with Crippen LogP contribution < -0.4 is 4.74 Å². The summed E-state index contributed by atoms with van der Waals surface area (Å²) in [5.41, 5.74) is 0.153. The zero-order valence-electron chi connectivity index (χ0n) is 16.3. The van der Waals surface area contributed by atoms with E-state index in [4.69, 9.17) is 32.4 Å². The zero-order chi connectivity index (χ0) is 21.3. The quantitative estimate of drug-likeness (QED) is 0.385. The predicted molar refractivity (Wildman–Crippen MR) is 110 cm³/mol. The number of nitrogens with zero attached hydrogens (tertiary/aromatic N) is 1. The van der Waals surface area contributed by atoms with Gasteiger partial charge in [-0.15, -0.1) is 0 Å². The van der Waals surface area contributed by atoms with Crippen molar-refractivity contribution >= 4 is 40.7 Å². The maximum atomic E-state index is 12.8. The number of carbonyl (C=O) groups excluding carboxylic acids is 2. The highest BCUT2D eigenvalue weighted by Gasteiger charge is 2.47. The second-order valence-electron chi connectivity index (χ2n) is 6.77. The topological polar surface area (TPSA) is 80.0 Å². The average molecular weight is 438 g/mol. The minimum Gasteiger partial charge on any atom is -0.507 e. The van der Waals surface area contributed by atoms with Gasteiger partial charge in [-0.1, -0.05) is 36.5 Å². The summed E-state index contributed by atoms with van der Waals surface area (Å²) in [6.07, 6.45) is 1.56. The van der Waals surface area contributed by atoms with Gasteiger partial charge in [0.05, 0.1) is 22.7 Å². The van der Waals surface area contributed by atoms with Crippen LogP contribution in [0.1, 0.15) is 42.9 Å². The highest BCUT2D eigenvalue weighted by Crippen LogP contribution is 2.42. The van der Waals surface area contributed by atoms with Gasteiger partial charge in [0.25, 0.3) is 11.7 Å². The van der Waals surface area contributed by atoms with Crippen molar-refractivity contribution in [3.8, 4) is 5.75 Å². The van der Waals surface area contributed by atoms with Gasteiger partial charge < -0.3 is 19.2 Å². The molecule has 1 aliphatic heterocycles. The lowest BCUT2D eigenvalue weighted by atomic mass is 9.99. The zero-order valence-corrected chi connectivity index (χ0v) is 17.8. The number of hydrogen-bond donors (Lipinski definition) is 1. The van der Waals surface area contributed by atoms with E-state index in [1.807, 2.05) is 6.92 Å². The molecule has 1 N–H and O–H groups in total. The van der Waals surface area contributed by atoms with Gasteiger partial charge >= 0.3 is 0 Å². The molecule has 1 fully saturated rings. The first-order chi connectivity index (χ1) is 13.8. The van der Waals surface area contributed by atoms with E-state index < -0.39 is 17.7 Å². The minimum absolute atomic E-state index is 0.0576. The normalized spacial score (nSPS) is 18.5. The Morgan fingerprint density at radius 2 is 1.90 bits per heavy atom. The standard InChI is InChI=1S/C21H21Cl2NO5/c1-4-5-8-24-17(15-7-6-11(2)29-15)16(19(26)21(24)27)18(25)12-9-13(22)20(28-3)14(23)10-12/h6-7,9-10,17,25H,4-5,8H2,1-3H3/b18-16-. The van der Waals surface area contributed by atoms with Gasteiger partial charge in [0.15, 0.2) is 5.75 Å². The van der Waals surface area contributed by atoms with Gasteiger partial charge in [-0.2, -0.15) is 0 Å². The van der Waals surface area contributed by atoms with Crippen LogP contribution in [0.15, 0.2) is 34.3 Å². The van der Waals surface area contributed by atoms with Crippen molar-refractivity contribution in [2.75, 3.05) is 13.7 Å². The number of benzene rings is 1. The lowest BCUT2D eigenvalue weighted by Gasteiger charge is -2.23. The van der Waals surface area contributed by atoms with Gasteiger partial charge in [-0.25, -0.2) is 0 Å². The molecule has 1 unspecified atom stereocenters. The van der Waals surface area contributed by atoms with Crippen LogP contribution in [0.3, 0.4) is 0 Å². The summed E-state index contributed by atoms with van der Waals surface area (Å²) >= 11 is 12.4. The number of carbonyl (C=O) groups is 2. The summed E-state index contributed by atoms with van der Waals surface area (Å²) < 4.78 is 10.8. The Morgan fingerprint density at radius 1 is 1.24 bits per heavy atom. The molecule has 1 amide bonds. The number of hydrogen-bond acceptors (Lipinski definition) is 5. The summed E-state index contributed by atoms with van der Waals surface area (Å²) in [5.74, 6) is -0.522. The number of Topliss-reactive ketones (excluding diaryl/α,β-unsaturated/α-hetero) is 1. The fourth-order valence-electron chi connectivity index (χ4n) is 3.38. The summed E-state index contributed by atoms with van der Waals surface area (Å²) in [4.78, 5) is 27.0. The molecule has 1 saturated heterocycles. The molecule has 154 valence electrons. The molecule has 2 aromatic rings. The SMILES string of the molecule is CCCCN1C(=O)C(=O)/C(=C(\O)c2cc(Cl)c(OC)c(Cl)c2)C1c1ccc(C)o1. The van der Waals surface area contributed by atoms with E-state index in [0.717, 1.165) is 6.42 Å². The second-order valence-corrected chi connectivity index (χ2v) is 7.58. The molecule has 1 aromatic heterocycles. The van der Waals surface area contributed by atoms with Gasteiger partial charge in [0.1, 0.15) is 23.3 Å². The van der Waals surface area contributed by atoms with Crippen LogP contribution in [0.4, 0.5) is 0 Å². The van der Waals surface area contributed by atoms with Crippen LogP contribution in [-0.2, 0) is 9.59 Å². The first kappa shape index (κ1) is 21.3. The average Bonchev–Trinajstić information content (AvgIpc) is 3.21. The fourth-order valence-corrected chi connectivity index (χ4v) is 4.02. The molecule has 2 heterocycles. The van der Waals surface area contributed by atoms with E-state index in [9.17, 15) is 14.7 Å². The molecule has 8 heteroatoms. The molecule has 1 atom stereocenters. The van der Waals surface area contributed by atoms with Crippen molar-refractivity contribution in [3.05, 3.63) is 57.0 Å². The Morgan fingerprint density at radius 3 is 2.41 bits per heavy atom. The number of methoxy groups -OCH3 is 1. The second kappa shape index (κ2) is 8.51. The van der Waals surface area contributed by atoms with Gasteiger partial charge in [0, 0.05) is 12.1 Å². The summed E-state index contributed by atoms with van der Waals surface area (Å²) in [5, 5.41) is 11.3. The van der Waals surface area contributed by atoms with Crippen LogP contribution >= 0.6 is 23.2 Å². The number of likely N-dealkylation sites (tertiary alicyclic amines) is 1. The van der Waals surface area contributed by atoms with Gasteiger partial charge in [-0.3, -0.25) is 9.59 Å². The number of halogens is 2. The molecule has 0 bridgehead atoms. The van der Waals surface area contributed by atoms with Gasteiger partial charge in [-0.05, 0) is 37.6 Å². The lowest BCUT2D eigenvalue weighted by Crippen LogP contribution is -2.30. The van der Waals surface area contributed by atoms with Crippen molar-refractivity contribution in [1.82, 2.24) is 4.90 Å². The highest BCUT2D eigenvalue weighted by molar-refractivity contribution is 6.46. The van der Waals surface area contributed by atoms with Crippen LogP contribution in [-0.4, -0.2) is 35.4 Å². The molecule has 1 aliphatic rings. The fraction of sp³-hybridized carbons (Fsp3) is 0.333. The third kappa shape index (κ3) is 3.87. The molecule has 1 aromatic carbocycles. The number of aliphatic hydroxyl groups is 1. The van der Waals surface area contributed by atoms with Crippen molar-refractivity contribution in [3.63, 3.8) is 0 Å². The third-order valence-electron chi connectivity index (χ3n) is 4.80. The number of ketones is 1. The van der Waals surface area contributed by atoms with E-state index >= 15 is 0 Å². The van der Waals surface area contributed by atoms with E-state index in [0.29, 0.717) is 24.5 Å². The largest absolute Gasteiger partial charge is 0.507 e. The van der Waals surface area contributed by atoms with E-state index in [-0.39, 0.29) is 32.7 Å². The maximum Gasteiger partial charge on any atom is 0.295 e. The van der Waals surface area contributed by atoms with Crippen molar-refractivity contribution in [1.29, 1.82) is 0 Å². The summed E-state index contributed by atoms with van der Waals surface area (Å²) in [7, 11) is 1.42. The Hall–Kier alpha value is -2.44. The third-order valence-corrected chi connectivity index (χ3v) is 5.36. The number of unbranched alkanes of at least 4 members (excludes halogenated alkanes) is 1. The smallest absolute Gasteiger partial charge is 0.295 e. The van der Waals surface area contributed by atoms with Crippen LogP contribution in [0.2, 0.25) is 10.0 Å². The molecule has 29 heavy (non-hydrogen) atoms. The van der Waals surface area contributed by atoms with Crippen LogP contribution in [0.25, 0.3) is 5.76 Å². The van der Waals surface area contributed by atoms with E-state index in [1.165, 1.54) is 24.1 Å². The molecule has 3 rings (SSSR count).